The first-order valence-electron chi connectivity index (χ1n) is 12.9. The van der Waals surface area contributed by atoms with Crippen molar-refractivity contribution in [2.75, 3.05) is 5.01 Å². The van der Waals surface area contributed by atoms with Crippen molar-refractivity contribution in [3.8, 4) is 0 Å². The van der Waals surface area contributed by atoms with E-state index in [-0.39, 0.29) is 22.3 Å². The van der Waals surface area contributed by atoms with E-state index in [2.05, 4.69) is 151 Å². The number of anilines is 1. The second-order valence-corrected chi connectivity index (χ2v) is 12.9. The zero-order valence-corrected chi connectivity index (χ0v) is 22.8. The van der Waals surface area contributed by atoms with Crippen LogP contribution in [0.2, 0.25) is 0 Å². The second kappa shape index (κ2) is 9.22. The fraction of sp³-hybridized carbons (Fsp3) is 0.394. The van der Waals surface area contributed by atoms with E-state index < -0.39 is 0 Å². The third-order valence-corrected chi connectivity index (χ3v) is 6.95. The maximum absolute atomic E-state index is 3.71. The summed E-state index contributed by atoms with van der Waals surface area (Å²) in [5.74, 6) is 0. The normalized spacial score (nSPS) is 16.7. The van der Waals surface area contributed by atoms with Crippen molar-refractivity contribution in [3.63, 3.8) is 0 Å². The Hall–Kier alpha value is -3.00. The fourth-order valence-electron chi connectivity index (χ4n) is 5.40. The van der Waals surface area contributed by atoms with Gasteiger partial charge < -0.3 is 0 Å². The summed E-state index contributed by atoms with van der Waals surface area (Å²) < 4.78 is 0. The molecule has 1 heterocycles. The van der Waals surface area contributed by atoms with Crippen molar-refractivity contribution in [2.24, 2.45) is 5.41 Å². The molecule has 1 N–H and O–H groups in total. The van der Waals surface area contributed by atoms with Gasteiger partial charge in [-0.05, 0) is 63.1 Å². The first-order valence-corrected chi connectivity index (χ1v) is 12.9. The molecule has 0 aliphatic carbocycles. The summed E-state index contributed by atoms with van der Waals surface area (Å²) in [7, 11) is 0. The molecule has 3 aromatic carbocycles. The third kappa shape index (κ3) is 5.81. The number of benzene rings is 3. The Morgan fingerprint density at radius 2 is 1.26 bits per heavy atom. The highest BCUT2D eigenvalue weighted by Gasteiger charge is 2.30. The molecule has 4 rings (SSSR count). The van der Waals surface area contributed by atoms with Gasteiger partial charge in [0.15, 0.2) is 0 Å². The molecule has 0 saturated carbocycles. The lowest BCUT2D eigenvalue weighted by atomic mass is 9.72. The first-order chi connectivity index (χ1) is 16.3. The van der Waals surface area contributed by atoms with Crippen molar-refractivity contribution >= 4 is 11.4 Å². The monoisotopic (exact) mass is 466 g/mol. The van der Waals surface area contributed by atoms with E-state index in [0.717, 1.165) is 12.1 Å². The number of hydrogen-bond acceptors (Lipinski definition) is 2. The lowest BCUT2D eigenvalue weighted by molar-refractivity contribution is 0.284. The summed E-state index contributed by atoms with van der Waals surface area (Å²) in [6.45, 7) is 18.5. The summed E-state index contributed by atoms with van der Waals surface area (Å²) in [6.07, 6.45) is 3.49. The zero-order chi connectivity index (χ0) is 25.4. The van der Waals surface area contributed by atoms with E-state index in [0.29, 0.717) is 0 Å². The van der Waals surface area contributed by atoms with Gasteiger partial charge in [0.2, 0.25) is 0 Å². The largest absolute Gasteiger partial charge is 0.297 e. The molecule has 0 aromatic heterocycles. The van der Waals surface area contributed by atoms with Crippen LogP contribution >= 0.6 is 0 Å². The van der Waals surface area contributed by atoms with Gasteiger partial charge in [0.1, 0.15) is 0 Å². The predicted molar refractivity (Wildman–Crippen MR) is 151 cm³/mol. The molecule has 0 spiro atoms. The van der Waals surface area contributed by atoms with Crippen LogP contribution in [0.15, 0.2) is 84.9 Å². The van der Waals surface area contributed by atoms with E-state index in [4.69, 9.17) is 0 Å². The molecule has 0 fully saturated rings. The lowest BCUT2D eigenvalue weighted by Gasteiger charge is -2.34. The van der Waals surface area contributed by atoms with Crippen molar-refractivity contribution in [3.05, 3.63) is 107 Å². The van der Waals surface area contributed by atoms with E-state index in [1.807, 2.05) is 0 Å². The van der Waals surface area contributed by atoms with Gasteiger partial charge in [-0.15, -0.1) is 0 Å². The Morgan fingerprint density at radius 1 is 0.686 bits per heavy atom. The molecule has 0 radical (unpaired) electrons. The Morgan fingerprint density at radius 3 is 1.80 bits per heavy atom. The van der Waals surface area contributed by atoms with Crippen LogP contribution in [0.5, 0.6) is 0 Å². The molecule has 0 saturated heterocycles. The molecule has 0 amide bonds. The third-order valence-electron chi connectivity index (χ3n) is 6.95. The van der Waals surface area contributed by atoms with Crippen molar-refractivity contribution in [1.29, 1.82) is 0 Å². The summed E-state index contributed by atoms with van der Waals surface area (Å²) in [4.78, 5) is 0. The standard InChI is InChI=1S/C33H42N2/c1-31(2,3)23-33(7,8)27-18-20-28(21-19-27)35-30(22-29(34-35)24-12-10-9-11-13-24)25-14-16-26(17-15-25)32(4,5)6/h9-22,30,34H,23H2,1-8H3. The van der Waals surface area contributed by atoms with Crippen LogP contribution < -0.4 is 10.4 Å². The summed E-state index contributed by atoms with van der Waals surface area (Å²) >= 11 is 0. The molecular formula is C33H42N2. The van der Waals surface area contributed by atoms with Gasteiger partial charge in [0.25, 0.3) is 0 Å². The Kier molecular flexibility index (Phi) is 6.62. The van der Waals surface area contributed by atoms with E-state index in [9.17, 15) is 0 Å². The molecule has 1 unspecified atom stereocenters. The quantitative estimate of drug-likeness (QED) is 0.404. The Labute approximate surface area is 213 Å². The minimum atomic E-state index is 0.118. The van der Waals surface area contributed by atoms with Gasteiger partial charge in [-0.2, -0.15) is 0 Å². The van der Waals surface area contributed by atoms with Gasteiger partial charge in [-0.1, -0.05) is 122 Å². The van der Waals surface area contributed by atoms with Gasteiger partial charge in [-0.25, -0.2) is 0 Å². The van der Waals surface area contributed by atoms with Crippen molar-refractivity contribution < 1.29 is 0 Å². The van der Waals surface area contributed by atoms with Crippen LogP contribution in [0.1, 0.15) is 90.1 Å². The summed E-state index contributed by atoms with van der Waals surface area (Å²) in [5.41, 5.74) is 11.8. The predicted octanol–water partition coefficient (Wildman–Crippen LogP) is 8.80. The smallest absolute Gasteiger partial charge is 0.0958 e. The zero-order valence-electron chi connectivity index (χ0n) is 22.8. The maximum Gasteiger partial charge on any atom is 0.0958 e. The molecular weight excluding hydrogens is 424 g/mol. The number of hydrogen-bond donors (Lipinski definition) is 1. The molecule has 1 atom stereocenters. The SMILES string of the molecule is CC(C)(C)CC(C)(C)c1ccc(N2NC(c3ccccc3)=CC2c2ccc(C(C)(C)C)cc2)cc1. The minimum absolute atomic E-state index is 0.118. The van der Waals surface area contributed by atoms with E-state index >= 15 is 0 Å². The maximum atomic E-state index is 3.71. The molecule has 1 aliphatic rings. The van der Waals surface area contributed by atoms with Crippen LogP contribution in [0.25, 0.3) is 5.70 Å². The molecule has 2 nitrogen and oxygen atoms in total. The van der Waals surface area contributed by atoms with Gasteiger partial charge in [0.05, 0.1) is 17.4 Å². The molecule has 35 heavy (non-hydrogen) atoms. The molecule has 1 aliphatic heterocycles. The Balaban J connectivity index is 1.67. The van der Waals surface area contributed by atoms with Crippen LogP contribution in [-0.4, -0.2) is 0 Å². The molecule has 2 heteroatoms. The second-order valence-electron chi connectivity index (χ2n) is 12.9. The molecule has 0 bridgehead atoms. The number of nitrogens with one attached hydrogen (secondary N) is 1. The number of nitrogens with zero attached hydrogens (tertiary/aromatic N) is 1. The summed E-state index contributed by atoms with van der Waals surface area (Å²) in [5, 5.41) is 2.30. The molecule has 3 aromatic rings. The summed E-state index contributed by atoms with van der Waals surface area (Å²) in [6, 6.07) is 29.0. The fourth-order valence-corrected chi connectivity index (χ4v) is 5.40. The highest BCUT2D eigenvalue weighted by atomic mass is 15.5. The minimum Gasteiger partial charge on any atom is -0.297 e. The average molecular weight is 467 g/mol. The van der Waals surface area contributed by atoms with Gasteiger partial charge in [-0.3, -0.25) is 10.4 Å². The van der Waals surface area contributed by atoms with E-state index in [1.165, 1.54) is 27.9 Å². The van der Waals surface area contributed by atoms with Crippen molar-refractivity contribution in [2.45, 2.75) is 78.7 Å². The van der Waals surface area contributed by atoms with Crippen LogP contribution in [0.4, 0.5) is 5.69 Å². The lowest BCUT2D eigenvalue weighted by Crippen LogP contribution is -2.34. The topological polar surface area (TPSA) is 15.3 Å². The highest BCUT2D eigenvalue weighted by molar-refractivity contribution is 5.72. The first kappa shape index (κ1) is 25.1. The number of rotatable bonds is 5. The van der Waals surface area contributed by atoms with Crippen LogP contribution in [0.3, 0.4) is 0 Å². The van der Waals surface area contributed by atoms with Gasteiger partial charge in [0, 0.05) is 0 Å². The number of hydrazine groups is 1. The van der Waals surface area contributed by atoms with Crippen LogP contribution in [-0.2, 0) is 10.8 Å². The van der Waals surface area contributed by atoms with E-state index in [1.54, 1.807) is 0 Å². The van der Waals surface area contributed by atoms with Gasteiger partial charge >= 0.3 is 0 Å². The van der Waals surface area contributed by atoms with Crippen LogP contribution in [0, 0.1) is 5.41 Å². The Bertz CT molecular complexity index is 1160. The molecule has 184 valence electrons. The average Bonchev–Trinajstić information content (AvgIpc) is 3.23. The van der Waals surface area contributed by atoms with Crippen molar-refractivity contribution in [1.82, 2.24) is 5.43 Å². The highest BCUT2D eigenvalue weighted by Crippen LogP contribution is 2.39.